The van der Waals surface area contributed by atoms with Gasteiger partial charge in [-0.3, -0.25) is 4.79 Å². The van der Waals surface area contributed by atoms with E-state index in [2.05, 4.69) is 38.2 Å². The number of anilines is 3. The molecule has 0 spiro atoms. The van der Waals surface area contributed by atoms with Gasteiger partial charge in [-0.1, -0.05) is 0 Å². The Bertz CT molecular complexity index is 1400. The Balaban J connectivity index is 1.34. The van der Waals surface area contributed by atoms with E-state index in [9.17, 15) is 4.79 Å². The maximum atomic E-state index is 12.9. The van der Waals surface area contributed by atoms with Crippen molar-refractivity contribution >= 4 is 33.9 Å². The highest BCUT2D eigenvalue weighted by atomic mass is 16.5. The van der Waals surface area contributed by atoms with Gasteiger partial charge < -0.3 is 24.4 Å². The lowest BCUT2D eigenvalue weighted by molar-refractivity contribution is 0.105. The number of piperazine rings is 1. The van der Waals surface area contributed by atoms with Crippen LogP contribution in [0.5, 0.6) is 0 Å². The van der Waals surface area contributed by atoms with Crippen molar-refractivity contribution in [1.82, 2.24) is 29.0 Å². The van der Waals surface area contributed by atoms with Gasteiger partial charge in [0.05, 0.1) is 53.4 Å². The van der Waals surface area contributed by atoms with Crippen LogP contribution in [-0.2, 0) is 24.8 Å². The smallest absolute Gasteiger partial charge is 0.260 e. The summed E-state index contributed by atoms with van der Waals surface area (Å²) >= 11 is 0. The number of pyridine rings is 2. The van der Waals surface area contributed by atoms with Crippen LogP contribution in [0.3, 0.4) is 0 Å². The number of ether oxygens (including phenoxy) is 1. The first kappa shape index (κ1) is 20.1. The molecule has 2 aliphatic rings. The van der Waals surface area contributed by atoms with Gasteiger partial charge in [-0.2, -0.15) is 0 Å². The summed E-state index contributed by atoms with van der Waals surface area (Å²) in [5.41, 5.74) is 4.72. The van der Waals surface area contributed by atoms with Gasteiger partial charge in [0.1, 0.15) is 5.82 Å². The van der Waals surface area contributed by atoms with Gasteiger partial charge in [0.2, 0.25) is 5.95 Å². The number of likely N-dealkylation sites (N-methyl/N-ethyl adjacent to an activating group) is 1. The van der Waals surface area contributed by atoms with Crippen molar-refractivity contribution < 1.29 is 4.74 Å². The molecular weight excluding hydrogens is 420 g/mol. The molecular formula is C23H26N8O2. The highest BCUT2D eigenvalue weighted by Crippen LogP contribution is 2.27. The molecule has 170 valence electrons. The van der Waals surface area contributed by atoms with Gasteiger partial charge >= 0.3 is 0 Å². The molecule has 1 fully saturated rings. The first-order valence-electron chi connectivity index (χ1n) is 11.2. The number of aromatic nitrogens is 5. The van der Waals surface area contributed by atoms with Gasteiger partial charge in [-0.15, -0.1) is 5.10 Å². The van der Waals surface area contributed by atoms with Crippen molar-refractivity contribution in [1.29, 1.82) is 0 Å². The summed E-state index contributed by atoms with van der Waals surface area (Å²) in [6.45, 7) is 5.17. The zero-order valence-electron chi connectivity index (χ0n) is 18.8. The average Bonchev–Trinajstić information content (AvgIpc) is 3.23. The molecule has 4 aromatic heterocycles. The van der Waals surface area contributed by atoms with E-state index in [1.807, 2.05) is 22.8 Å². The third-order valence-electron chi connectivity index (χ3n) is 6.68. The minimum absolute atomic E-state index is 0.0459. The maximum Gasteiger partial charge on any atom is 0.260 e. The van der Waals surface area contributed by atoms with Crippen LogP contribution >= 0.6 is 0 Å². The van der Waals surface area contributed by atoms with Crippen LogP contribution in [-0.4, -0.2) is 68.9 Å². The fourth-order valence-electron chi connectivity index (χ4n) is 4.74. The zero-order chi connectivity index (χ0) is 22.5. The van der Waals surface area contributed by atoms with Crippen LogP contribution in [0.1, 0.15) is 11.3 Å². The number of rotatable bonds is 3. The second-order valence-corrected chi connectivity index (χ2v) is 8.73. The van der Waals surface area contributed by atoms with E-state index in [1.54, 1.807) is 17.8 Å². The summed E-state index contributed by atoms with van der Waals surface area (Å²) in [4.78, 5) is 26.6. The highest BCUT2D eigenvalue weighted by molar-refractivity contribution is 5.89. The Kier molecular flexibility index (Phi) is 4.77. The van der Waals surface area contributed by atoms with Crippen molar-refractivity contribution in [2.24, 2.45) is 7.05 Å². The van der Waals surface area contributed by atoms with E-state index < -0.39 is 0 Å². The van der Waals surface area contributed by atoms with Gasteiger partial charge in [-0.05, 0) is 31.7 Å². The first-order valence-corrected chi connectivity index (χ1v) is 11.2. The number of nitrogens with one attached hydrogen (secondary N) is 1. The van der Waals surface area contributed by atoms with E-state index in [4.69, 9.17) is 9.84 Å². The molecule has 0 aromatic carbocycles. The monoisotopic (exact) mass is 446 g/mol. The zero-order valence-corrected chi connectivity index (χ0v) is 18.8. The molecule has 10 heteroatoms. The number of nitrogens with zero attached hydrogens (tertiary/aromatic N) is 7. The quantitative estimate of drug-likeness (QED) is 0.507. The molecule has 6 rings (SSSR count). The Labute approximate surface area is 190 Å². The van der Waals surface area contributed by atoms with E-state index in [0.29, 0.717) is 30.4 Å². The van der Waals surface area contributed by atoms with Crippen molar-refractivity contribution in [2.75, 3.05) is 50.1 Å². The van der Waals surface area contributed by atoms with E-state index in [1.165, 1.54) is 0 Å². The van der Waals surface area contributed by atoms with E-state index >= 15 is 0 Å². The van der Waals surface area contributed by atoms with Crippen molar-refractivity contribution in [2.45, 2.75) is 13.0 Å². The number of hydrogen-bond donors (Lipinski definition) is 1. The molecule has 0 radical (unpaired) electrons. The number of fused-ring (bicyclic) bond motifs is 5. The van der Waals surface area contributed by atoms with Gasteiger partial charge in [0.15, 0.2) is 0 Å². The number of hydrogen-bond acceptors (Lipinski definition) is 8. The maximum absolute atomic E-state index is 12.9. The molecule has 0 saturated carbocycles. The summed E-state index contributed by atoms with van der Waals surface area (Å²) in [6.07, 6.45) is 4.37. The topological polar surface area (TPSA) is 92.8 Å². The Morgan fingerprint density at radius 2 is 1.91 bits per heavy atom. The van der Waals surface area contributed by atoms with Crippen LogP contribution in [0.2, 0.25) is 0 Å². The van der Waals surface area contributed by atoms with Crippen LogP contribution in [0, 0.1) is 0 Å². The summed E-state index contributed by atoms with van der Waals surface area (Å²) in [5.74, 6) is 1.11. The van der Waals surface area contributed by atoms with Crippen LogP contribution in [0.15, 0.2) is 35.4 Å². The second kappa shape index (κ2) is 7.82. The predicted molar refractivity (Wildman–Crippen MR) is 126 cm³/mol. The SMILES string of the molecule is CN1CCN(c2ccc(Nc3ncc4cc5c(=O)n(C)c6c(c5n4n3)CCOC6)nc2)CC1. The largest absolute Gasteiger partial charge is 0.375 e. The molecule has 6 heterocycles. The molecule has 33 heavy (non-hydrogen) atoms. The lowest BCUT2D eigenvalue weighted by Gasteiger charge is -2.33. The molecule has 1 saturated heterocycles. The van der Waals surface area contributed by atoms with Gasteiger partial charge in [0.25, 0.3) is 5.56 Å². The molecule has 0 bridgehead atoms. The first-order chi connectivity index (χ1) is 16.1. The molecule has 4 aromatic rings. The van der Waals surface area contributed by atoms with E-state index in [-0.39, 0.29) is 5.56 Å². The molecule has 1 N–H and O–H groups in total. The molecule has 10 nitrogen and oxygen atoms in total. The fraction of sp³-hybridized carbons (Fsp3) is 0.391. The van der Waals surface area contributed by atoms with Crippen LogP contribution in [0.25, 0.3) is 16.4 Å². The lowest BCUT2D eigenvalue weighted by Crippen LogP contribution is -2.44. The van der Waals surface area contributed by atoms with Crippen LogP contribution in [0.4, 0.5) is 17.5 Å². The summed E-state index contributed by atoms with van der Waals surface area (Å²) in [6, 6.07) is 5.88. The summed E-state index contributed by atoms with van der Waals surface area (Å²) in [5, 5.41) is 8.56. The van der Waals surface area contributed by atoms with Crippen molar-refractivity contribution in [3.05, 3.63) is 52.2 Å². The van der Waals surface area contributed by atoms with Gasteiger partial charge in [0, 0.05) is 38.8 Å². The third kappa shape index (κ3) is 3.42. The molecule has 0 amide bonds. The minimum atomic E-state index is -0.0459. The molecule has 2 aliphatic heterocycles. The second-order valence-electron chi connectivity index (χ2n) is 8.73. The normalized spacial score (nSPS) is 17.0. The van der Waals surface area contributed by atoms with Crippen molar-refractivity contribution in [3.8, 4) is 0 Å². The summed E-state index contributed by atoms with van der Waals surface area (Å²) < 4.78 is 9.11. The Morgan fingerprint density at radius 1 is 1.06 bits per heavy atom. The summed E-state index contributed by atoms with van der Waals surface area (Å²) in [7, 11) is 3.95. The fourth-order valence-corrected chi connectivity index (χ4v) is 4.74. The van der Waals surface area contributed by atoms with E-state index in [0.717, 1.165) is 60.6 Å². The molecule has 0 unspecified atom stereocenters. The Hall–Kier alpha value is -3.50. The third-order valence-corrected chi connectivity index (χ3v) is 6.68. The van der Waals surface area contributed by atoms with Gasteiger partial charge in [-0.25, -0.2) is 14.5 Å². The average molecular weight is 447 g/mol. The Morgan fingerprint density at radius 3 is 2.70 bits per heavy atom. The molecule has 0 atom stereocenters. The minimum Gasteiger partial charge on any atom is -0.375 e. The predicted octanol–water partition coefficient (Wildman–Crippen LogP) is 1.54. The van der Waals surface area contributed by atoms with Crippen LogP contribution < -0.4 is 15.8 Å². The standard InChI is InChI=1S/C23H26N8O2/c1-28-6-8-30(9-7-28)15-3-4-20(24-12-15)26-23-25-13-16-11-18-21(31(16)27-23)17-5-10-33-14-19(17)29(2)22(18)32/h3-4,11-13H,5-10,14H2,1-2H3,(H,24,26,27). The molecule has 0 aliphatic carbocycles. The highest BCUT2D eigenvalue weighted by Gasteiger charge is 2.22. The van der Waals surface area contributed by atoms with Crippen molar-refractivity contribution in [3.63, 3.8) is 0 Å². The lowest BCUT2D eigenvalue weighted by atomic mass is 10.1.